The van der Waals surface area contributed by atoms with Crippen LogP contribution in [0.2, 0.25) is 0 Å². The lowest BCUT2D eigenvalue weighted by atomic mass is 10.1. The minimum atomic E-state index is -0.627. The first-order valence-electron chi connectivity index (χ1n) is 5.92. The molecule has 1 aromatic heterocycles. The van der Waals surface area contributed by atoms with E-state index in [9.17, 15) is 14.4 Å². The molecule has 0 bridgehead atoms. The summed E-state index contributed by atoms with van der Waals surface area (Å²) >= 11 is 0. The minimum absolute atomic E-state index is 0.132. The summed E-state index contributed by atoms with van der Waals surface area (Å²) in [6.07, 6.45) is 1.52. The van der Waals surface area contributed by atoms with E-state index in [2.05, 4.69) is 5.32 Å². The number of carbonyl (C=O) groups excluding carboxylic acids is 2. The zero-order chi connectivity index (χ0) is 14.5. The molecule has 6 heteroatoms. The molecular formula is C14H13N3O3. The number of aromatic nitrogens is 1. The summed E-state index contributed by atoms with van der Waals surface area (Å²) in [6, 6.07) is 11.0. The van der Waals surface area contributed by atoms with Gasteiger partial charge in [0.05, 0.1) is 11.3 Å². The Morgan fingerprint density at radius 3 is 2.50 bits per heavy atom. The van der Waals surface area contributed by atoms with Crippen LogP contribution in [0.25, 0.3) is 0 Å². The van der Waals surface area contributed by atoms with Crippen molar-refractivity contribution in [3.8, 4) is 0 Å². The van der Waals surface area contributed by atoms with Crippen molar-refractivity contribution in [1.29, 1.82) is 0 Å². The smallest absolute Gasteiger partial charge is 0.250 e. The van der Waals surface area contributed by atoms with Gasteiger partial charge in [-0.3, -0.25) is 14.4 Å². The maximum absolute atomic E-state index is 11.9. The highest BCUT2D eigenvalue weighted by Gasteiger charge is 2.10. The molecule has 0 fully saturated rings. The van der Waals surface area contributed by atoms with Crippen molar-refractivity contribution in [2.24, 2.45) is 5.73 Å². The number of hydrogen-bond acceptors (Lipinski definition) is 3. The molecule has 2 rings (SSSR count). The molecule has 2 amide bonds. The standard InChI is InChI=1S/C14H13N3O3/c15-14(20)10-5-1-2-6-11(10)16-12(18)9-17-8-4-3-7-13(17)19/h1-8H,9H2,(H2,15,20)(H,16,18). The average Bonchev–Trinajstić information content (AvgIpc) is 2.41. The summed E-state index contributed by atoms with van der Waals surface area (Å²) < 4.78 is 1.27. The summed E-state index contributed by atoms with van der Waals surface area (Å²) in [5.74, 6) is -1.04. The lowest BCUT2D eigenvalue weighted by Crippen LogP contribution is -2.27. The quantitative estimate of drug-likeness (QED) is 0.851. The fourth-order valence-electron chi connectivity index (χ4n) is 1.74. The van der Waals surface area contributed by atoms with Crippen LogP contribution in [-0.2, 0) is 11.3 Å². The van der Waals surface area contributed by atoms with E-state index >= 15 is 0 Å². The van der Waals surface area contributed by atoms with Gasteiger partial charge in [0.1, 0.15) is 6.54 Å². The van der Waals surface area contributed by atoms with Gasteiger partial charge < -0.3 is 15.6 Å². The number of benzene rings is 1. The molecule has 1 aromatic carbocycles. The Kier molecular flexibility index (Phi) is 3.95. The molecule has 0 unspecified atom stereocenters. The van der Waals surface area contributed by atoms with E-state index in [1.54, 1.807) is 30.3 Å². The third kappa shape index (κ3) is 3.11. The molecule has 1 heterocycles. The summed E-state index contributed by atoms with van der Waals surface area (Å²) in [7, 11) is 0. The van der Waals surface area contributed by atoms with Crippen LogP contribution in [0.5, 0.6) is 0 Å². The lowest BCUT2D eigenvalue weighted by molar-refractivity contribution is -0.116. The molecule has 2 aromatic rings. The van der Waals surface area contributed by atoms with Gasteiger partial charge in [0, 0.05) is 12.3 Å². The van der Waals surface area contributed by atoms with Crippen molar-refractivity contribution in [3.05, 3.63) is 64.6 Å². The topological polar surface area (TPSA) is 94.2 Å². The molecule has 6 nitrogen and oxygen atoms in total. The summed E-state index contributed by atoms with van der Waals surface area (Å²) in [5.41, 5.74) is 5.50. The maximum Gasteiger partial charge on any atom is 0.250 e. The fourth-order valence-corrected chi connectivity index (χ4v) is 1.74. The molecule has 0 spiro atoms. The molecule has 0 aliphatic rings. The molecule has 3 N–H and O–H groups in total. The summed E-state index contributed by atoms with van der Waals surface area (Å²) in [6.45, 7) is -0.132. The minimum Gasteiger partial charge on any atom is -0.366 e. The van der Waals surface area contributed by atoms with Crippen LogP contribution in [0.4, 0.5) is 5.69 Å². The first kappa shape index (κ1) is 13.5. The Morgan fingerprint density at radius 2 is 1.80 bits per heavy atom. The number of pyridine rings is 1. The number of hydrogen-bond donors (Lipinski definition) is 2. The molecule has 0 radical (unpaired) electrons. The molecule has 0 saturated heterocycles. The number of amides is 2. The van der Waals surface area contributed by atoms with Crippen molar-refractivity contribution in [1.82, 2.24) is 4.57 Å². The van der Waals surface area contributed by atoms with Crippen LogP contribution in [-0.4, -0.2) is 16.4 Å². The zero-order valence-electron chi connectivity index (χ0n) is 10.6. The average molecular weight is 271 g/mol. The van der Waals surface area contributed by atoms with Gasteiger partial charge in [-0.05, 0) is 18.2 Å². The molecule has 20 heavy (non-hydrogen) atoms. The number of anilines is 1. The van der Waals surface area contributed by atoms with Gasteiger partial charge >= 0.3 is 0 Å². The van der Waals surface area contributed by atoms with Crippen molar-refractivity contribution < 1.29 is 9.59 Å². The highest BCUT2D eigenvalue weighted by atomic mass is 16.2. The third-order valence-electron chi connectivity index (χ3n) is 2.68. The number of nitrogens with one attached hydrogen (secondary N) is 1. The molecule has 0 aliphatic heterocycles. The normalized spacial score (nSPS) is 10.0. The van der Waals surface area contributed by atoms with Crippen molar-refractivity contribution >= 4 is 17.5 Å². The largest absolute Gasteiger partial charge is 0.366 e. The fraction of sp³-hybridized carbons (Fsp3) is 0.0714. The van der Waals surface area contributed by atoms with Crippen LogP contribution in [0.15, 0.2) is 53.5 Å². The van der Waals surface area contributed by atoms with E-state index < -0.39 is 11.8 Å². The SMILES string of the molecule is NC(=O)c1ccccc1NC(=O)Cn1ccccc1=O. The Hall–Kier alpha value is -2.89. The van der Waals surface area contributed by atoms with Gasteiger partial charge in [-0.25, -0.2) is 0 Å². The van der Waals surface area contributed by atoms with E-state index in [4.69, 9.17) is 5.73 Å². The van der Waals surface area contributed by atoms with Crippen LogP contribution in [0.1, 0.15) is 10.4 Å². The van der Waals surface area contributed by atoms with Gasteiger partial charge in [0.25, 0.3) is 11.5 Å². The number of rotatable bonds is 4. The van der Waals surface area contributed by atoms with Crippen LogP contribution < -0.4 is 16.6 Å². The van der Waals surface area contributed by atoms with E-state index in [1.165, 1.54) is 22.9 Å². The van der Waals surface area contributed by atoms with Crippen LogP contribution in [0.3, 0.4) is 0 Å². The van der Waals surface area contributed by atoms with Gasteiger partial charge in [0.2, 0.25) is 5.91 Å². The molecular weight excluding hydrogens is 258 g/mol. The Labute approximate surface area is 114 Å². The van der Waals surface area contributed by atoms with Crippen molar-refractivity contribution in [3.63, 3.8) is 0 Å². The van der Waals surface area contributed by atoms with Crippen molar-refractivity contribution in [2.45, 2.75) is 6.54 Å². The van der Waals surface area contributed by atoms with Crippen LogP contribution >= 0.6 is 0 Å². The Morgan fingerprint density at radius 1 is 1.10 bits per heavy atom. The predicted octanol–water partition coefficient (Wildman–Crippen LogP) is 0.586. The van der Waals surface area contributed by atoms with Gasteiger partial charge in [-0.2, -0.15) is 0 Å². The van der Waals surface area contributed by atoms with E-state index in [0.717, 1.165) is 0 Å². The van der Waals surface area contributed by atoms with Gasteiger partial charge in [0.15, 0.2) is 0 Å². The molecule has 0 saturated carbocycles. The molecule has 0 aliphatic carbocycles. The predicted molar refractivity (Wildman–Crippen MR) is 74.3 cm³/mol. The maximum atomic E-state index is 11.9. The second-order valence-electron chi connectivity index (χ2n) is 4.12. The second-order valence-corrected chi connectivity index (χ2v) is 4.12. The monoisotopic (exact) mass is 271 g/mol. The molecule has 0 atom stereocenters. The highest BCUT2D eigenvalue weighted by Crippen LogP contribution is 2.14. The van der Waals surface area contributed by atoms with Crippen LogP contribution in [0, 0.1) is 0 Å². The second kappa shape index (κ2) is 5.83. The third-order valence-corrected chi connectivity index (χ3v) is 2.68. The zero-order valence-corrected chi connectivity index (χ0v) is 10.6. The molecule has 102 valence electrons. The first-order chi connectivity index (χ1) is 9.58. The summed E-state index contributed by atoms with van der Waals surface area (Å²) in [4.78, 5) is 34.6. The number of carbonyl (C=O) groups is 2. The van der Waals surface area contributed by atoms with E-state index in [0.29, 0.717) is 5.69 Å². The number of para-hydroxylation sites is 1. The highest BCUT2D eigenvalue weighted by molar-refractivity contribution is 6.02. The van der Waals surface area contributed by atoms with E-state index in [1.807, 2.05) is 0 Å². The Balaban J connectivity index is 2.15. The number of nitrogens with two attached hydrogens (primary N) is 1. The lowest BCUT2D eigenvalue weighted by Gasteiger charge is -2.09. The number of primary amides is 1. The number of nitrogens with zero attached hydrogens (tertiary/aromatic N) is 1. The van der Waals surface area contributed by atoms with Crippen molar-refractivity contribution in [2.75, 3.05) is 5.32 Å². The first-order valence-corrected chi connectivity index (χ1v) is 5.92. The van der Waals surface area contributed by atoms with Gasteiger partial charge in [-0.15, -0.1) is 0 Å². The van der Waals surface area contributed by atoms with E-state index in [-0.39, 0.29) is 17.7 Å². The van der Waals surface area contributed by atoms with Gasteiger partial charge in [-0.1, -0.05) is 18.2 Å². The Bertz CT molecular complexity index is 707. The summed E-state index contributed by atoms with van der Waals surface area (Å²) in [5, 5.41) is 2.57.